The van der Waals surface area contributed by atoms with Crippen molar-refractivity contribution in [3.05, 3.63) is 0 Å². The molecule has 1 saturated carbocycles. The first-order valence-electron chi connectivity index (χ1n) is 6.03. The quantitative estimate of drug-likeness (QED) is 0.740. The van der Waals surface area contributed by atoms with E-state index in [-0.39, 0.29) is 5.92 Å². The van der Waals surface area contributed by atoms with Gasteiger partial charge in [0.15, 0.2) is 9.84 Å². The van der Waals surface area contributed by atoms with E-state index in [0.29, 0.717) is 30.1 Å². The number of sulfone groups is 1. The molecule has 1 N–H and O–H groups in total. The van der Waals surface area contributed by atoms with Crippen LogP contribution in [0, 0.1) is 11.8 Å². The molecule has 2 aliphatic rings. The van der Waals surface area contributed by atoms with Gasteiger partial charge >= 0.3 is 0 Å². The van der Waals surface area contributed by atoms with Crippen LogP contribution in [0.5, 0.6) is 0 Å². The molecule has 2 fully saturated rings. The summed E-state index contributed by atoms with van der Waals surface area (Å²) in [5.41, 5.74) is 0. The van der Waals surface area contributed by atoms with Gasteiger partial charge in [0, 0.05) is 19.7 Å². The van der Waals surface area contributed by atoms with Crippen molar-refractivity contribution in [1.29, 1.82) is 0 Å². The fraction of sp³-hybridized carbons (Fsp3) is 1.00. The van der Waals surface area contributed by atoms with Gasteiger partial charge < -0.3 is 10.1 Å². The molecule has 5 heteroatoms. The van der Waals surface area contributed by atoms with Gasteiger partial charge in [-0.3, -0.25) is 0 Å². The maximum atomic E-state index is 11.4. The first-order valence-corrected chi connectivity index (χ1v) is 7.85. The molecule has 1 aliphatic heterocycles. The van der Waals surface area contributed by atoms with Gasteiger partial charge in [-0.25, -0.2) is 8.42 Å². The monoisotopic (exact) mass is 247 g/mol. The lowest BCUT2D eigenvalue weighted by Crippen LogP contribution is -2.33. The standard InChI is InChI=1S/C11H21NO3S/c1-15-7-10(6-12-11-2-3-11)9-4-5-16(13,14)8-9/h9-12H,2-8H2,1H3. The molecule has 4 nitrogen and oxygen atoms in total. The van der Waals surface area contributed by atoms with Gasteiger partial charge in [-0.05, 0) is 31.1 Å². The Bertz CT molecular complexity index is 324. The van der Waals surface area contributed by atoms with Crippen molar-refractivity contribution in [1.82, 2.24) is 5.32 Å². The van der Waals surface area contributed by atoms with E-state index in [2.05, 4.69) is 5.32 Å². The van der Waals surface area contributed by atoms with Crippen molar-refractivity contribution < 1.29 is 13.2 Å². The molecule has 0 aromatic heterocycles. The Morgan fingerprint density at radius 1 is 1.38 bits per heavy atom. The van der Waals surface area contributed by atoms with Gasteiger partial charge in [0.25, 0.3) is 0 Å². The van der Waals surface area contributed by atoms with Crippen LogP contribution < -0.4 is 5.32 Å². The van der Waals surface area contributed by atoms with E-state index >= 15 is 0 Å². The third kappa shape index (κ3) is 3.43. The summed E-state index contributed by atoms with van der Waals surface area (Å²) >= 11 is 0. The molecule has 0 amide bonds. The Morgan fingerprint density at radius 2 is 2.12 bits per heavy atom. The molecule has 2 rings (SSSR count). The number of hydrogen-bond acceptors (Lipinski definition) is 4. The molecule has 94 valence electrons. The summed E-state index contributed by atoms with van der Waals surface area (Å²) in [4.78, 5) is 0. The van der Waals surface area contributed by atoms with E-state index in [0.717, 1.165) is 13.0 Å². The van der Waals surface area contributed by atoms with Gasteiger partial charge in [-0.15, -0.1) is 0 Å². The zero-order chi connectivity index (χ0) is 11.6. The predicted molar refractivity (Wildman–Crippen MR) is 63.2 cm³/mol. The summed E-state index contributed by atoms with van der Waals surface area (Å²) in [5, 5.41) is 3.47. The summed E-state index contributed by atoms with van der Waals surface area (Å²) < 4.78 is 28.1. The van der Waals surface area contributed by atoms with Crippen molar-refractivity contribution in [2.24, 2.45) is 11.8 Å². The van der Waals surface area contributed by atoms with Crippen molar-refractivity contribution in [3.8, 4) is 0 Å². The zero-order valence-corrected chi connectivity index (χ0v) is 10.6. The SMILES string of the molecule is COCC(CNC1CC1)C1CCS(=O)(=O)C1. The summed E-state index contributed by atoms with van der Waals surface area (Å²) in [6, 6.07) is 0.678. The van der Waals surface area contributed by atoms with Crippen LogP contribution in [-0.4, -0.2) is 46.2 Å². The van der Waals surface area contributed by atoms with Crippen LogP contribution >= 0.6 is 0 Å². The van der Waals surface area contributed by atoms with Crippen LogP contribution in [0.25, 0.3) is 0 Å². The maximum Gasteiger partial charge on any atom is 0.150 e. The number of ether oxygens (including phenoxy) is 1. The molecule has 16 heavy (non-hydrogen) atoms. The number of rotatable bonds is 6. The molecule has 0 bridgehead atoms. The minimum atomic E-state index is -2.77. The number of methoxy groups -OCH3 is 1. The maximum absolute atomic E-state index is 11.4. The van der Waals surface area contributed by atoms with Crippen LogP contribution in [0.15, 0.2) is 0 Å². The highest BCUT2D eigenvalue weighted by molar-refractivity contribution is 7.91. The van der Waals surface area contributed by atoms with E-state index in [1.54, 1.807) is 7.11 Å². The third-order valence-corrected chi connectivity index (χ3v) is 5.35. The van der Waals surface area contributed by atoms with Crippen molar-refractivity contribution in [3.63, 3.8) is 0 Å². The molecular weight excluding hydrogens is 226 g/mol. The van der Waals surface area contributed by atoms with E-state index in [9.17, 15) is 8.42 Å². The molecule has 0 spiro atoms. The average molecular weight is 247 g/mol. The fourth-order valence-electron chi connectivity index (χ4n) is 2.38. The van der Waals surface area contributed by atoms with Crippen molar-refractivity contribution in [2.45, 2.75) is 25.3 Å². The van der Waals surface area contributed by atoms with Crippen LogP contribution in [0.3, 0.4) is 0 Å². The molecule has 0 aromatic carbocycles. The number of hydrogen-bond donors (Lipinski definition) is 1. The predicted octanol–water partition coefficient (Wildman–Crippen LogP) is 0.436. The Kier molecular flexibility index (Phi) is 3.87. The highest BCUT2D eigenvalue weighted by atomic mass is 32.2. The summed E-state index contributed by atoms with van der Waals surface area (Å²) in [6.07, 6.45) is 3.34. The molecule has 1 aliphatic carbocycles. The molecular formula is C11H21NO3S. The van der Waals surface area contributed by atoms with Crippen molar-refractivity contribution >= 4 is 9.84 Å². The summed E-state index contributed by atoms with van der Waals surface area (Å²) in [7, 11) is -1.08. The highest BCUT2D eigenvalue weighted by Gasteiger charge is 2.34. The zero-order valence-electron chi connectivity index (χ0n) is 9.81. The Labute approximate surface area is 97.7 Å². The molecule has 2 unspecified atom stereocenters. The second-order valence-electron chi connectivity index (χ2n) is 5.06. The molecule has 0 radical (unpaired) electrons. The summed E-state index contributed by atoms with van der Waals surface area (Å²) in [5.74, 6) is 1.35. The largest absolute Gasteiger partial charge is 0.384 e. The average Bonchev–Trinajstić information content (AvgIpc) is 2.97. The Balaban J connectivity index is 1.85. The van der Waals surface area contributed by atoms with Crippen molar-refractivity contribution in [2.75, 3.05) is 31.8 Å². The molecule has 1 saturated heterocycles. The Hall–Kier alpha value is -0.130. The van der Waals surface area contributed by atoms with Crippen LogP contribution in [-0.2, 0) is 14.6 Å². The molecule has 1 heterocycles. The van der Waals surface area contributed by atoms with Crippen LogP contribution in [0.4, 0.5) is 0 Å². The van der Waals surface area contributed by atoms with E-state index in [4.69, 9.17) is 4.74 Å². The smallest absolute Gasteiger partial charge is 0.150 e. The van der Waals surface area contributed by atoms with Gasteiger partial charge in [-0.1, -0.05) is 0 Å². The van der Waals surface area contributed by atoms with Crippen LogP contribution in [0.2, 0.25) is 0 Å². The molecule has 2 atom stereocenters. The number of nitrogens with one attached hydrogen (secondary N) is 1. The Morgan fingerprint density at radius 3 is 2.62 bits per heavy atom. The van der Waals surface area contributed by atoms with Gasteiger partial charge in [0.1, 0.15) is 0 Å². The third-order valence-electron chi connectivity index (χ3n) is 3.56. The minimum absolute atomic E-state index is 0.288. The van der Waals surface area contributed by atoms with Gasteiger partial charge in [-0.2, -0.15) is 0 Å². The lowest BCUT2D eigenvalue weighted by molar-refractivity contribution is 0.125. The fourth-order valence-corrected chi connectivity index (χ4v) is 4.30. The lowest BCUT2D eigenvalue weighted by Gasteiger charge is -2.22. The highest BCUT2D eigenvalue weighted by Crippen LogP contribution is 2.27. The van der Waals surface area contributed by atoms with E-state index in [1.165, 1.54) is 12.8 Å². The van der Waals surface area contributed by atoms with Crippen LogP contribution in [0.1, 0.15) is 19.3 Å². The second kappa shape index (κ2) is 5.02. The van der Waals surface area contributed by atoms with Gasteiger partial charge in [0.05, 0.1) is 18.1 Å². The normalized spacial score (nSPS) is 30.4. The van der Waals surface area contributed by atoms with E-state index < -0.39 is 9.84 Å². The second-order valence-corrected chi connectivity index (χ2v) is 7.29. The summed E-state index contributed by atoms with van der Waals surface area (Å²) in [6.45, 7) is 1.57. The topological polar surface area (TPSA) is 55.4 Å². The van der Waals surface area contributed by atoms with Gasteiger partial charge in [0.2, 0.25) is 0 Å². The minimum Gasteiger partial charge on any atom is -0.384 e. The van der Waals surface area contributed by atoms with E-state index in [1.807, 2.05) is 0 Å². The molecule has 0 aromatic rings. The first kappa shape index (κ1) is 12.3. The first-order chi connectivity index (χ1) is 7.61. The lowest BCUT2D eigenvalue weighted by atomic mass is 9.92.